The van der Waals surface area contributed by atoms with E-state index in [2.05, 4.69) is 6.07 Å². The third kappa shape index (κ3) is 1.58. The molecule has 2 unspecified atom stereocenters. The van der Waals surface area contributed by atoms with Crippen LogP contribution in [0, 0.1) is 0 Å². The SMILES string of the molecule is CC(O)C(C)c1cccs1. The Hall–Kier alpha value is -0.340. The highest BCUT2D eigenvalue weighted by Crippen LogP contribution is 2.23. The van der Waals surface area contributed by atoms with Crippen molar-refractivity contribution in [3.8, 4) is 0 Å². The van der Waals surface area contributed by atoms with Crippen molar-refractivity contribution in [2.45, 2.75) is 25.9 Å². The molecule has 0 bridgehead atoms. The van der Waals surface area contributed by atoms with Crippen LogP contribution in [0.3, 0.4) is 0 Å². The van der Waals surface area contributed by atoms with Crippen LogP contribution >= 0.6 is 11.3 Å². The van der Waals surface area contributed by atoms with Crippen LogP contribution in [0.25, 0.3) is 0 Å². The molecule has 0 saturated carbocycles. The van der Waals surface area contributed by atoms with E-state index in [0.29, 0.717) is 0 Å². The third-order valence-electron chi connectivity index (χ3n) is 1.72. The van der Waals surface area contributed by atoms with Gasteiger partial charge >= 0.3 is 0 Å². The molecular weight excluding hydrogens is 144 g/mol. The first-order valence-electron chi connectivity index (χ1n) is 3.43. The van der Waals surface area contributed by atoms with Crippen molar-refractivity contribution in [1.82, 2.24) is 0 Å². The summed E-state index contributed by atoms with van der Waals surface area (Å²) in [4.78, 5) is 1.26. The molecule has 2 heteroatoms. The minimum atomic E-state index is -0.237. The fourth-order valence-electron chi connectivity index (χ4n) is 0.788. The molecule has 0 radical (unpaired) electrons. The van der Waals surface area contributed by atoms with Crippen LogP contribution in [0.1, 0.15) is 24.6 Å². The largest absolute Gasteiger partial charge is 0.393 e. The Morgan fingerprint density at radius 2 is 2.20 bits per heavy atom. The van der Waals surface area contributed by atoms with E-state index in [-0.39, 0.29) is 12.0 Å². The molecule has 0 aromatic carbocycles. The maximum Gasteiger partial charge on any atom is 0.0585 e. The lowest BCUT2D eigenvalue weighted by Gasteiger charge is -2.11. The number of aliphatic hydroxyl groups excluding tert-OH is 1. The van der Waals surface area contributed by atoms with Gasteiger partial charge in [0.15, 0.2) is 0 Å². The normalized spacial score (nSPS) is 16.7. The molecule has 0 aliphatic rings. The molecule has 0 spiro atoms. The summed E-state index contributed by atoms with van der Waals surface area (Å²) in [5.41, 5.74) is 0. The molecule has 10 heavy (non-hydrogen) atoms. The first-order chi connectivity index (χ1) is 4.72. The quantitative estimate of drug-likeness (QED) is 0.696. The first-order valence-corrected chi connectivity index (χ1v) is 4.31. The summed E-state index contributed by atoms with van der Waals surface area (Å²) in [5.74, 6) is 0.278. The van der Waals surface area contributed by atoms with Crippen molar-refractivity contribution in [3.05, 3.63) is 22.4 Å². The van der Waals surface area contributed by atoms with E-state index in [4.69, 9.17) is 0 Å². The number of hydrogen-bond acceptors (Lipinski definition) is 2. The van der Waals surface area contributed by atoms with Gasteiger partial charge in [0.05, 0.1) is 6.10 Å². The molecule has 0 aliphatic heterocycles. The monoisotopic (exact) mass is 156 g/mol. The van der Waals surface area contributed by atoms with Gasteiger partial charge in [0, 0.05) is 10.8 Å². The Balaban J connectivity index is 2.68. The predicted octanol–water partition coefficient (Wildman–Crippen LogP) is 2.23. The zero-order chi connectivity index (χ0) is 7.56. The summed E-state index contributed by atoms with van der Waals surface area (Å²) in [6.45, 7) is 3.86. The number of rotatable bonds is 2. The van der Waals surface area contributed by atoms with Crippen molar-refractivity contribution in [3.63, 3.8) is 0 Å². The van der Waals surface area contributed by atoms with Crippen LogP contribution in [0.4, 0.5) is 0 Å². The van der Waals surface area contributed by atoms with Crippen molar-refractivity contribution in [1.29, 1.82) is 0 Å². The topological polar surface area (TPSA) is 20.2 Å². The van der Waals surface area contributed by atoms with E-state index in [9.17, 15) is 5.11 Å². The summed E-state index contributed by atoms with van der Waals surface area (Å²) in [5, 5.41) is 11.2. The molecule has 1 nitrogen and oxygen atoms in total. The molecule has 1 aromatic heterocycles. The van der Waals surface area contributed by atoms with E-state index >= 15 is 0 Å². The molecule has 1 rings (SSSR count). The summed E-state index contributed by atoms with van der Waals surface area (Å²) in [6.07, 6.45) is -0.237. The number of aliphatic hydroxyl groups is 1. The van der Waals surface area contributed by atoms with Crippen molar-refractivity contribution >= 4 is 11.3 Å². The van der Waals surface area contributed by atoms with Gasteiger partial charge in [0.1, 0.15) is 0 Å². The van der Waals surface area contributed by atoms with Gasteiger partial charge < -0.3 is 5.11 Å². The number of thiophene rings is 1. The molecule has 56 valence electrons. The molecule has 2 atom stereocenters. The molecule has 0 saturated heterocycles. The van der Waals surface area contributed by atoms with Gasteiger partial charge in [-0.3, -0.25) is 0 Å². The maximum atomic E-state index is 9.20. The summed E-state index contributed by atoms with van der Waals surface area (Å²) in [7, 11) is 0. The Bertz CT molecular complexity index is 179. The highest BCUT2D eigenvalue weighted by Gasteiger charge is 2.11. The minimum Gasteiger partial charge on any atom is -0.393 e. The molecule has 1 aromatic rings. The highest BCUT2D eigenvalue weighted by atomic mass is 32.1. The van der Waals surface area contributed by atoms with Crippen LogP contribution in [0.2, 0.25) is 0 Å². The molecule has 1 heterocycles. The molecule has 1 N–H and O–H groups in total. The van der Waals surface area contributed by atoms with Gasteiger partial charge in [-0.05, 0) is 18.4 Å². The van der Waals surface area contributed by atoms with Crippen LogP contribution in [0.15, 0.2) is 17.5 Å². The lowest BCUT2D eigenvalue weighted by Crippen LogP contribution is -2.08. The third-order valence-corrected chi connectivity index (χ3v) is 2.79. The standard InChI is InChI=1S/C8H12OS/c1-6(7(2)9)8-4-3-5-10-8/h3-7,9H,1-2H3. The van der Waals surface area contributed by atoms with Gasteiger partial charge in [-0.25, -0.2) is 0 Å². The van der Waals surface area contributed by atoms with Gasteiger partial charge in [-0.2, -0.15) is 0 Å². The zero-order valence-electron chi connectivity index (χ0n) is 6.24. The van der Waals surface area contributed by atoms with Gasteiger partial charge in [0.2, 0.25) is 0 Å². The fourth-order valence-corrected chi connectivity index (χ4v) is 1.67. The molecule has 0 aliphatic carbocycles. The van der Waals surface area contributed by atoms with Gasteiger partial charge in [-0.1, -0.05) is 13.0 Å². The van der Waals surface area contributed by atoms with Crippen LogP contribution in [-0.4, -0.2) is 11.2 Å². The van der Waals surface area contributed by atoms with Crippen LogP contribution in [-0.2, 0) is 0 Å². The van der Waals surface area contributed by atoms with Gasteiger partial charge in [0.25, 0.3) is 0 Å². The predicted molar refractivity (Wildman–Crippen MR) is 44.4 cm³/mol. The van der Waals surface area contributed by atoms with Crippen LogP contribution < -0.4 is 0 Å². The van der Waals surface area contributed by atoms with Crippen molar-refractivity contribution < 1.29 is 5.11 Å². The average Bonchev–Trinajstić information content (AvgIpc) is 2.36. The second-order valence-corrected chi connectivity index (χ2v) is 3.52. The van der Waals surface area contributed by atoms with Gasteiger partial charge in [-0.15, -0.1) is 11.3 Å². The second-order valence-electron chi connectivity index (χ2n) is 2.54. The van der Waals surface area contributed by atoms with E-state index < -0.39 is 0 Å². The summed E-state index contributed by atoms with van der Waals surface area (Å²) < 4.78 is 0. The summed E-state index contributed by atoms with van der Waals surface area (Å²) in [6, 6.07) is 4.07. The molecule has 0 amide bonds. The first kappa shape index (κ1) is 7.76. The smallest absolute Gasteiger partial charge is 0.0585 e. The van der Waals surface area contributed by atoms with E-state index in [1.54, 1.807) is 11.3 Å². The van der Waals surface area contributed by atoms with Crippen molar-refractivity contribution in [2.24, 2.45) is 0 Å². The minimum absolute atomic E-state index is 0.237. The molecular formula is C8H12OS. The Morgan fingerprint density at radius 3 is 2.60 bits per heavy atom. The lowest BCUT2D eigenvalue weighted by molar-refractivity contribution is 0.170. The Morgan fingerprint density at radius 1 is 1.50 bits per heavy atom. The average molecular weight is 156 g/mol. The second kappa shape index (κ2) is 3.17. The summed E-state index contributed by atoms with van der Waals surface area (Å²) >= 11 is 1.70. The molecule has 0 fully saturated rings. The number of hydrogen-bond donors (Lipinski definition) is 1. The Labute approximate surface area is 65.3 Å². The van der Waals surface area contributed by atoms with Crippen molar-refractivity contribution in [2.75, 3.05) is 0 Å². The Kier molecular flexibility index (Phi) is 2.46. The van der Waals surface area contributed by atoms with Crippen LogP contribution in [0.5, 0.6) is 0 Å². The van der Waals surface area contributed by atoms with E-state index in [1.807, 2.05) is 25.3 Å². The maximum absolute atomic E-state index is 9.20. The van der Waals surface area contributed by atoms with E-state index in [0.717, 1.165) is 0 Å². The highest BCUT2D eigenvalue weighted by molar-refractivity contribution is 7.10. The fraction of sp³-hybridized carbons (Fsp3) is 0.500. The lowest BCUT2D eigenvalue weighted by atomic mass is 10.1. The zero-order valence-corrected chi connectivity index (χ0v) is 7.06. The van der Waals surface area contributed by atoms with E-state index in [1.165, 1.54) is 4.88 Å².